The molecule has 0 fully saturated rings. The Hall–Kier alpha value is -3.41. The molecule has 0 amide bonds. The van der Waals surface area contributed by atoms with E-state index < -0.39 is 0 Å². The van der Waals surface area contributed by atoms with Gasteiger partial charge in [-0.3, -0.25) is 14.3 Å². The Labute approximate surface area is 175 Å². The molecule has 4 aromatic rings. The summed E-state index contributed by atoms with van der Waals surface area (Å²) in [6, 6.07) is 13.6. The topological polar surface area (TPSA) is 72.7 Å². The molecular weight excluding hydrogens is 376 g/mol. The summed E-state index contributed by atoms with van der Waals surface area (Å²) in [6.07, 6.45) is 0.665. The van der Waals surface area contributed by atoms with Crippen LogP contribution in [0, 0.1) is 27.7 Å². The molecule has 1 N–H and O–H groups in total. The number of aromatic amines is 1. The number of para-hydroxylation sites is 1. The fourth-order valence-corrected chi connectivity index (χ4v) is 3.33. The zero-order valence-corrected chi connectivity index (χ0v) is 18.4. The highest BCUT2D eigenvalue weighted by atomic mass is 16.1. The summed E-state index contributed by atoms with van der Waals surface area (Å²) in [5.74, 6) is 0. The maximum absolute atomic E-state index is 12.0. The molecule has 0 spiro atoms. The number of H-pyrrole nitrogens is 1. The van der Waals surface area contributed by atoms with E-state index in [9.17, 15) is 9.59 Å². The van der Waals surface area contributed by atoms with Crippen LogP contribution in [0.25, 0.3) is 16.7 Å². The first-order valence-electron chi connectivity index (χ1n) is 10.0. The van der Waals surface area contributed by atoms with Gasteiger partial charge < -0.3 is 4.98 Å². The van der Waals surface area contributed by atoms with Crippen molar-refractivity contribution in [2.75, 3.05) is 0 Å². The first-order chi connectivity index (χ1) is 14.2. The van der Waals surface area contributed by atoms with Crippen molar-refractivity contribution < 1.29 is 0 Å². The fourth-order valence-electron chi connectivity index (χ4n) is 3.33. The average molecular weight is 405 g/mol. The van der Waals surface area contributed by atoms with Crippen molar-refractivity contribution in [3.05, 3.63) is 91.3 Å². The third-order valence-electron chi connectivity index (χ3n) is 5.55. The van der Waals surface area contributed by atoms with E-state index in [1.54, 1.807) is 4.68 Å². The van der Waals surface area contributed by atoms with Crippen LogP contribution in [-0.2, 0) is 13.5 Å². The maximum Gasteiger partial charge on any atom is 0.274 e. The van der Waals surface area contributed by atoms with Crippen LogP contribution >= 0.6 is 0 Å². The predicted octanol–water partition coefficient (Wildman–Crippen LogP) is 3.90. The van der Waals surface area contributed by atoms with Gasteiger partial charge in [-0.25, -0.2) is 9.67 Å². The molecule has 0 saturated carbocycles. The lowest BCUT2D eigenvalue weighted by Gasteiger charge is -2.07. The van der Waals surface area contributed by atoms with Gasteiger partial charge in [-0.15, -0.1) is 0 Å². The third kappa shape index (κ3) is 3.99. The Morgan fingerprint density at radius 2 is 1.60 bits per heavy atom. The van der Waals surface area contributed by atoms with Gasteiger partial charge in [0.25, 0.3) is 11.1 Å². The van der Waals surface area contributed by atoms with Crippen LogP contribution in [0.2, 0.25) is 0 Å². The molecule has 6 nitrogen and oxygen atoms in total. The summed E-state index contributed by atoms with van der Waals surface area (Å²) in [6.45, 7) is 9.83. The zero-order valence-electron chi connectivity index (χ0n) is 18.4. The van der Waals surface area contributed by atoms with Crippen molar-refractivity contribution in [3.63, 3.8) is 0 Å². The monoisotopic (exact) mass is 404 g/mol. The summed E-state index contributed by atoms with van der Waals surface area (Å²) in [5, 5.41) is 0. The Balaban J connectivity index is 0.000000171. The second-order valence-corrected chi connectivity index (χ2v) is 7.51. The van der Waals surface area contributed by atoms with Crippen molar-refractivity contribution in [2.24, 2.45) is 7.05 Å². The van der Waals surface area contributed by atoms with Crippen LogP contribution < -0.4 is 11.1 Å². The van der Waals surface area contributed by atoms with E-state index in [0.29, 0.717) is 12.1 Å². The molecule has 2 aromatic carbocycles. The second-order valence-electron chi connectivity index (χ2n) is 7.51. The van der Waals surface area contributed by atoms with Crippen molar-refractivity contribution in [1.82, 2.24) is 19.3 Å². The first-order valence-corrected chi connectivity index (χ1v) is 10.0. The van der Waals surface area contributed by atoms with E-state index in [1.807, 2.05) is 88.8 Å². The van der Waals surface area contributed by atoms with E-state index in [4.69, 9.17) is 0 Å². The number of rotatable bonds is 2. The smallest absolute Gasteiger partial charge is 0.274 e. The number of hydrogen-bond donors (Lipinski definition) is 1. The van der Waals surface area contributed by atoms with E-state index in [-0.39, 0.29) is 11.1 Å². The van der Waals surface area contributed by atoms with Crippen LogP contribution in [0.1, 0.15) is 35.0 Å². The van der Waals surface area contributed by atoms with Crippen LogP contribution in [0.5, 0.6) is 0 Å². The van der Waals surface area contributed by atoms with Crippen molar-refractivity contribution in [3.8, 4) is 5.69 Å². The zero-order chi connectivity index (χ0) is 22.0. The molecular formula is C24H28N4O2. The number of hydrogen-bond acceptors (Lipinski definition) is 3. The summed E-state index contributed by atoms with van der Waals surface area (Å²) < 4.78 is 3.57. The molecule has 156 valence electrons. The second kappa shape index (κ2) is 8.53. The minimum absolute atomic E-state index is 0.0567. The molecule has 4 rings (SSSR count). The summed E-state index contributed by atoms with van der Waals surface area (Å²) in [5.41, 5.74) is 7.36. The maximum atomic E-state index is 12.0. The number of fused-ring (bicyclic) bond motifs is 1. The molecule has 0 saturated heterocycles. The Morgan fingerprint density at radius 1 is 0.967 bits per heavy atom. The Kier molecular flexibility index (Phi) is 6.06. The predicted molar refractivity (Wildman–Crippen MR) is 122 cm³/mol. The summed E-state index contributed by atoms with van der Waals surface area (Å²) in [7, 11) is 1.90. The molecule has 6 heteroatoms. The van der Waals surface area contributed by atoms with Gasteiger partial charge in [0.05, 0.1) is 16.7 Å². The molecule has 0 unspecified atom stereocenters. The van der Waals surface area contributed by atoms with Crippen molar-refractivity contribution in [1.29, 1.82) is 0 Å². The van der Waals surface area contributed by atoms with Crippen molar-refractivity contribution in [2.45, 2.75) is 41.0 Å². The molecule has 0 bridgehead atoms. The van der Waals surface area contributed by atoms with Gasteiger partial charge in [-0.05, 0) is 69.5 Å². The van der Waals surface area contributed by atoms with Gasteiger partial charge in [-0.1, -0.05) is 25.1 Å². The van der Waals surface area contributed by atoms with E-state index >= 15 is 0 Å². The van der Waals surface area contributed by atoms with Crippen LogP contribution in [0.3, 0.4) is 0 Å². The molecule has 30 heavy (non-hydrogen) atoms. The summed E-state index contributed by atoms with van der Waals surface area (Å²) >= 11 is 0. The standard InChI is InChI=1S/2C12H14N2O/c1-9-10(2)13(3)14(12(9)15)11-7-5-4-6-8-11;1-4-9-12(15)14-11-6-8(3)7(2)5-10(11)13-9/h4-8H,1-3H3;5-6H,4H2,1-3H3,(H,14,15). The highest BCUT2D eigenvalue weighted by Gasteiger charge is 2.11. The largest absolute Gasteiger partial charge is 0.319 e. The van der Waals surface area contributed by atoms with Gasteiger partial charge in [0.1, 0.15) is 5.69 Å². The summed E-state index contributed by atoms with van der Waals surface area (Å²) in [4.78, 5) is 30.7. The fraction of sp³-hybridized carbons (Fsp3) is 0.292. The van der Waals surface area contributed by atoms with Gasteiger partial charge in [0, 0.05) is 18.3 Å². The SMILES string of the molecule is CCc1nc2cc(C)c(C)cc2[nH]c1=O.Cc1c(C)n(C)n(-c2ccccc2)c1=O. The van der Waals surface area contributed by atoms with E-state index in [2.05, 4.69) is 9.97 Å². The van der Waals surface area contributed by atoms with E-state index in [0.717, 1.165) is 28.0 Å². The lowest BCUT2D eigenvalue weighted by molar-refractivity contribution is 0.630. The minimum Gasteiger partial charge on any atom is -0.319 e. The highest BCUT2D eigenvalue weighted by Crippen LogP contribution is 2.14. The van der Waals surface area contributed by atoms with Crippen molar-refractivity contribution >= 4 is 11.0 Å². The van der Waals surface area contributed by atoms with Gasteiger partial charge in [0.2, 0.25) is 0 Å². The van der Waals surface area contributed by atoms with Crippen LogP contribution in [0.4, 0.5) is 0 Å². The first kappa shape index (κ1) is 21.3. The number of aromatic nitrogens is 4. The molecule has 0 aliphatic rings. The average Bonchev–Trinajstić information content (AvgIpc) is 2.93. The number of nitrogens with zero attached hydrogens (tertiary/aromatic N) is 3. The normalized spacial score (nSPS) is 10.7. The third-order valence-corrected chi connectivity index (χ3v) is 5.55. The molecule has 2 heterocycles. The minimum atomic E-state index is -0.0757. The van der Waals surface area contributed by atoms with Crippen LogP contribution in [0.15, 0.2) is 52.1 Å². The Bertz CT molecular complexity index is 1310. The quantitative estimate of drug-likeness (QED) is 0.551. The molecule has 0 aliphatic heterocycles. The van der Waals surface area contributed by atoms with Crippen LogP contribution in [-0.4, -0.2) is 19.3 Å². The number of nitrogens with one attached hydrogen (secondary N) is 1. The number of aryl methyl sites for hydroxylation is 3. The van der Waals surface area contributed by atoms with Gasteiger partial charge in [-0.2, -0.15) is 0 Å². The molecule has 2 aromatic heterocycles. The molecule has 0 radical (unpaired) electrons. The van der Waals surface area contributed by atoms with E-state index in [1.165, 1.54) is 11.1 Å². The number of benzene rings is 2. The lowest BCUT2D eigenvalue weighted by Crippen LogP contribution is -2.20. The molecule has 0 aliphatic carbocycles. The highest BCUT2D eigenvalue weighted by molar-refractivity contribution is 5.76. The van der Waals surface area contributed by atoms with Gasteiger partial charge >= 0.3 is 0 Å². The van der Waals surface area contributed by atoms with Gasteiger partial charge in [0.15, 0.2) is 0 Å². The lowest BCUT2D eigenvalue weighted by atomic mass is 10.1. The molecule has 0 atom stereocenters. The Morgan fingerprint density at radius 3 is 2.17 bits per heavy atom.